The van der Waals surface area contributed by atoms with Crippen molar-refractivity contribution in [1.82, 2.24) is 4.72 Å². The zero-order chi connectivity index (χ0) is 16.3. The number of benzene rings is 1. The van der Waals surface area contributed by atoms with Gasteiger partial charge in [-0.25, -0.2) is 17.9 Å². The average Bonchev–Trinajstić information content (AvgIpc) is 2.44. The van der Waals surface area contributed by atoms with Crippen LogP contribution in [-0.4, -0.2) is 48.5 Å². The van der Waals surface area contributed by atoms with Crippen molar-refractivity contribution in [3.63, 3.8) is 0 Å². The van der Waals surface area contributed by atoms with Gasteiger partial charge in [-0.3, -0.25) is 0 Å². The zero-order valence-corrected chi connectivity index (χ0v) is 12.2. The number of carboxylic acid groups (broad SMARTS) is 1. The van der Waals surface area contributed by atoms with Gasteiger partial charge >= 0.3 is 5.97 Å². The van der Waals surface area contributed by atoms with Gasteiger partial charge in [0.15, 0.2) is 0 Å². The number of aliphatic hydroxyl groups is 2. The number of hydrogen-bond acceptors (Lipinski definition) is 6. The molecule has 21 heavy (non-hydrogen) atoms. The average molecular weight is 318 g/mol. The molecule has 0 atom stereocenters. The maximum Gasteiger partial charge on any atom is 0.337 e. The van der Waals surface area contributed by atoms with Crippen LogP contribution in [-0.2, 0) is 10.0 Å². The van der Waals surface area contributed by atoms with Crippen LogP contribution in [0.4, 0.5) is 5.69 Å². The van der Waals surface area contributed by atoms with Crippen molar-refractivity contribution in [3.05, 3.63) is 23.8 Å². The van der Waals surface area contributed by atoms with Crippen LogP contribution in [0.15, 0.2) is 23.1 Å². The summed E-state index contributed by atoms with van der Waals surface area (Å²) < 4.78 is 26.8. The minimum Gasteiger partial charge on any atom is -0.478 e. The minimum absolute atomic E-state index is 0.0791. The maximum atomic E-state index is 12.3. The molecule has 1 aromatic rings. The molecule has 0 spiro atoms. The SMILES string of the molecule is CCC(CO)(CO)NS(=O)(=O)c1cc(N)ccc1C(=O)O. The Morgan fingerprint density at radius 3 is 2.33 bits per heavy atom. The summed E-state index contributed by atoms with van der Waals surface area (Å²) in [5, 5.41) is 27.6. The van der Waals surface area contributed by atoms with E-state index >= 15 is 0 Å². The van der Waals surface area contributed by atoms with Crippen LogP contribution < -0.4 is 10.5 Å². The summed E-state index contributed by atoms with van der Waals surface area (Å²) in [5.74, 6) is -1.43. The third-order valence-electron chi connectivity index (χ3n) is 3.16. The fourth-order valence-corrected chi connectivity index (χ4v) is 3.38. The molecule has 0 bridgehead atoms. The summed E-state index contributed by atoms with van der Waals surface area (Å²) in [6, 6.07) is 3.37. The van der Waals surface area contributed by atoms with E-state index in [-0.39, 0.29) is 12.1 Å². The van der Waals surface area contributed by atoms with E-state index in [9.17, 15) is 23.4 Å². The van der Waals surface area contributed by atoms with E-state index in [0.29, 0.717) is 0 Å². The van der Waals surface area contributed by atoms with Crippen molar-refractivity contribution in [3.8, 4) is 0 Å². The second-order valence-corrected chi connectivity index (χ2v) is 6.27. The lowest BCUT2D eigenvalue weighted by Crippen LogP contribution is -2.53. The highest BCUT2D eigenvalue weighted by atomic mass is 32.2. The monoisotopic (exact) mass is 318 g/mol. The molecular formula is C12H18N2O6S. The Morgan fingerprint density at radius 2 is 1.90 bits per heavy atom. The standard InChI is InChI=1S/C12H18N2O6S/c1-2-12(6-15,7-16)14-21(19,20)10-5-8(13)3-4-9(10)11(17)18/h3-5,14-16H,2,6-7,13H2,1H3,(H,17,18). The zero-order valence-electron chi connectivity index (χ0n) is 11.4. The molecule has 0 aromatic heterocycles. The number of nitrogens with one attached hydrogen (secondary N) is 1. The molecule has 0 unspecified atom stereocenters. The van der Waals surface area contributed by atoms with Crippen molar-refractivity contribution < 1.29 is 28.5 Å². The summed E-state index contributed by atoms with van der Waals surface area (Å²) >= 11 is 0. The number of sulfonamides is 1. The first-order chi connectivity index (χ1) is 9.71. The third kappa shape index (κ3) is 3.70. The topological polar surface area (TPSA) is 150 Å². The predicted molar refractivity (Wildman–Crippen MR) is 75.3 cm³/mol. The number of nitrogens with two attached hydrogens (primary N) is 1. The molecule has 0 aliphatic heterocycles. The molecule has 0 amide bonds. The first-order valence-corrected chi connectivity index (χ1v) is 7.58. The molecule has 0 aliphatic carbocycles. The molecule has 0 heterocycles. The second-order valence-electron chi connectivity index (χ2n) is 4.62. The number of aliphatic hydroxyl groups excluding tert-OH is 2. The first-order valence-electron chi connectivity index (χ1n) is 6.10. The fourth-order valence-electron chi connectivity index (χ4n) is 1.69. The van der Waals surface area contributed by atoms with Crippen molar-refractivity contribution in [2.45, 2.75) is 23.8 Å². The van der Waals surface area contributed by atoms with Crippen LogP contribution in [0.1, 0.15) is 23.7 Å². The second kappa shape index (κ2) is 6.39. The molecule has 1 aromatic carbocycles. The number of carboxylic acids is 1. The molecule has 0 radical (unpaired) electrons. The van der Waals surface area contributed by atoms with Crippen LogP contribution in [0.25, 0.3) is 0 Å². The smallest absolute Gasteiger partial charge is 0.337 e. The van der Waals surface area contributed by atoms with E-state index in [1.807, 2.05) is 0 Å². The summed E-state index contributed by atoms with van der Waals surface area (Å²) in [4.78, 5) is 10.6. The van der Waals surface area contributed by atoms with Gasteiger partial charge in [0.1, 0.15) is 0 Å². The Hall–Kier alpha value is -1.68. The quantitative estimate of drug-likeness (QED) is 0.420. The predicted octanol–water partition coefficient (Wildman–Crippen LogP) is -0.621. The summed E-state index contributed by atoms with van der Waals surface area (Å²) in [6.45, 7) is 0.306. The summed E-state index contributed by atoms with van der Waals surface area (Å²) in [6.07, 6.45) is 0.115. The highest BCUT2D eigenvalue weighted by molar-refractivity contribution is 7.89. The number of rotatable bonds is 7. The Morgan fingerprint density at radius 1 is 1.33 bits per heavy atom. The Labute approximate surface area is 122 Å². The van der Waals surface area contributed by atoms with Gasteiger partial charge in [-0.1, -0.05) is 6.92 Å². The van der Waals surface area contributed by atoms with Crippen molar-refractivity contribution in [2.24, 2.45) is 0 Å². The van der Waals surface area contributed by atoms with Gasteiger partial charge in [-0.15, -0.1) is 0 Å². The van der Waals surface area contributed by atoms with Crippen LogP contribution >= 0.6 is 0 Å². The lowest BCUT2D eigenvalue weighted by atomic mass is 10.0. The first kappa shape index (κ1) is 17.4. The normalized spacial score (nSPS) is 12.3. The van der Waals surface area contributed by atoms with Gasteiger partial charge < -0.3 is 21.1 Å². The van der Waals surface area contributed by atoms with Gasteiger partial charge in [-0.2, -0.15) is 0 Å². The van der Waals surface area contributed by atoms with Gasteiger partial charge in [0.05, 0.1) is 29.2 Å². The van der Waals surface area contributed by atoms with E-state index in [0.717, 1.165) is 12.1 Å². The number of nitrogen functional groups attached to an aromatic ring is 1. The Balaban J connectivity index is 3.38. The molecule has 9 heteroatoms. The minimum atomic E-state index is -4.28. The van der Waals surface area contributed by atoms with Gasteiger partial charge in [0, 0.05) is 5.69 Å². The van der Waals surface area contributed by atoms with Crippen molar-refractivity contribution in [1.29, 1.82) is 0 Å². The molecule has 8 nitrogen and oxygen atoms in total. The molecular weight excluding hydrogens is 300 g/mol. The van der Waals surface area contributed by atoms with Crippen LogP contribution in [0, 0.1) is 0 Å². The van der Waals surface area contributed by atoms with Gasteiger partial charge in [0.25, 0.3) is 0 Å². The Kier molecular flexibility index (Phi) is 5.29. The van der Waals surface area contributed by atoms with Crippen LogP contribution in [0.3, 0.4) is 0 Å². The number of hydrogen-bond donors (Lipinski definition) is 5. The number of aromatic carboxylic acids is 1. The van der Waals surface area contributed by atoms with E-state index in [1.54, 1.807) is 6.92 Å². The molecule has 118 valence electrons. The van der Waals surface area contributed by atoms with Gasteiger partial charge in [-0.05, 0) is 24.6 Å². The lowest BCUT2D eigenvalue weighted by Gasteiger charge is -2.29. The fraction of sp³-hybridized carbons (Fsp3) is 0.417. The number of carbonyl (C=O) groups is 1. The lowest BCUT2D eigenvalue weighted by molar-refractivity contribution is 0.0692. The Bertz CT molecular complexity index is 616. The van der Waals surface area contributed by atoms with Crippen LogP contribution in [0.2, 0.25) is 0 Å². The molecule has 0 saturated carbocycles. The van der Waals surface area contributed by atoms with Gasteiger partial charge in [0.2, 0.25) is 10.0 Å². The van der Waals surface area contributed by atoms with E-state index in [2.05, 4.69) is 4.72 Å². The van der Waals surface area contributed by atoms with E-state index < -0.39 is 45.2 Å². The highest BCUT2D eigenvalue weighted by Crippen LogP contribution is 2.22. The molecule has 1 rings (SSSR count). The number of anilines is 1. The molecule has 0 saturated heterocycles. The highest BCUT2D eigenvalue weighted by Gasteiger charge is 2.34. The van der Waals surface area contributed by atoms with Crippen LogP contribution in [0.5, 0.6) is 0 Å². The summed E-state index contributed by atoms with van der Waals surface area (Å²) in [5.41, 5.74) is 3.66. The van der Waals surface area contributed by atoms with Crippen molar-refractivity contribution >= 4 is 21.7 Å². The van der Waals surface area contributed by atoms with Crippen molar-refractivity contribution in [2.75, 3.05) is 18.9 Å². The summed E-state index contributed by atoms with van der Waals surface area (Å²) in [7, 11) is -4.28. The van der Waals surface area contributed by atoms with E-state index in [4.69, 9.17) is 10.8 Å². The maximum absolute atomic E-state index is 12.3. The third-order valence-corrected chi connectivity index (χ3v) is 4.78. The van der Waals surface area contributed by atoms with E-state index in [1.165, 1.54) is 6.07 Å². The molecule has 0 fully saturated rings. The molecule has 6 N–H and O–H groups in total. The largest absolute Gasteiger partial charge is 0.478 e. The molecule has 0 aliphatic rings.